The van der Waals surface area contributed by atoms with Gasteiger partial charge < -0.3 is 5.32 Å². The van der Waals surface area contributed by atoms with Crippen molar-refractivity contribution in [1.82, 2.24) is 4.98 Å². The molecule has 0 fully saturated rings. The van der Waals surface area contributed by atoms with Crippen LogP contribution in [0, 0.1) is 0 Å². The number of halogens is 1. The fourth-order valence-electron chi connectivity index (χ4n) is 1.60. The van der Waals surface area contributed by atoms with Crippen LogP contribution in [0.15, 0.2) is 22.7 Å². The van der Waals surface area contributed by atoms with Crippen LogP contribution in [-0.4, -0.2) is 23.0 Å². The summed E-state index contributed by atoms with van der Waals surface area (Å²) in [5, 5.41) is 4.54. The summed E-state index contributed by atoms with van der Waals surface area (Å²) in [5.41, 5.74) is 1.07. The molecule has 0 aliphatic carbocycles. The number of nitrogens with one attached hydrogen (secondary N) is 1. The van der Waals surface area contributed by atoms with Crippen LogP contribution in [0.5, 0.6) is 0 Å². The maximum Gasteiger partial charge on any atom is 0.184 e. The second-order valence-electron chi connectivity index (χ2n) is 3.84. The molecule has 1 aromatic heterocycles. The molecular formula is C12H15BrN2S2. The van der Waals surface area contributed by atoms with Crippen LogP contribution in [0.2, 0.25) is 0 Å². The third kappa shape index (κ3) is 3.36. The van der Waals surface area contributed by atoms with E-state index in [2.05, 4.69) is 51.5 Å². The third-order valence-electron chi connectivity index (χ3n) is 2.54. The van der Waals surface area contributed by atoms with Crippen LogP contribution in [0.25, 0.3) is 10.2 Å². The van der Waals surface area contributed by atoms with Gasteiger partial charge in [0.15, 0.2) is 5.13 Å². The van der Waals surface area contributed by atoms with Crippen molar-refractivity contribution >= 4 is 54.4 Å². The fraction of sp³-hybridized carbons (Fsp3) is 0.417. The topological polar surface area (TPSA) is 24.9 Å². The molecule has 2 nitrogen and oxygen atoms in total. The molecule has 2 aromatic rings. The lowest BCUT2D eigenvalue weighted by Gasteiger charge is -2.14. The lowest BCUT2D eigenvalue weighted by atomic mass is 10.3. The van der Waals surface area contributed by atoms with Crippen molar-refractivity contribution in [3.05, 3.63) is 22.7 Å². The first-order valence-electron chi connectivity index (χ1n) is 5.54. The number of hydrogen-bond donors (Lipinski definition) is 1. The van der Waals surface area contributed by atoms with Crippen molar-refractivity contribution in [3.63, 3.8) is 0 Å². The number of aromatic nitrogens is 1. The molecular weight excluding hydrogens is 316 g/mol. The van der Waals surface area contributed by atoms with Gasteiger partial charge in [0, 0.05) is 16.3 Å². The molecule has 0 aliphatic heterocycles. The smallest absolute Gasteiger partial charge is 0.184 e. The molecule has 0 spiro atoms. The molecule has 0 saturated carbocycles. The summed E-state index contributed by atoms with van der Waals surface area (Å²) in [6.45, 7) is 2.21. The molecule has 0 aliphatic rings. The zero-order valence-electron chi connectivity index (χ0n) is 9.87. The van der Waals surface area contributed by atoms with E-state index in [-0.39, 0.29) is 0 Å². The highest BCUT2D eigenvalue weighted by molar-refractivity contribution is 9.10. The first-order valence-corrected chi connectivity index (χ1v) is 8.55. The Hall–Kier alpha value is -0.260. The maximum absolute atomic E-state index is 4.60. The van der Waals surface area contributed by atoms with Crippen molar-refractivity contribution in [1.29, 1.82) is 0 Å². The quantitative estimate of drug-likeness (QED) is 0.866. The van der Waals surface area contributed by atoms with E-state index in [0.29, 0.717) is 6.04 Å². The van der Waals surface area contributed by atoms with Gasteiger partial charge in [0.1, 0.15) is 0 Å². The average molecular weight is 331 g/mol. The van der Waals surface area contributed by atoms with Gasteiger partial charge in [-0.15, -0.1) is 0 Å². The van der Waals surface area contributed by atoms with Crippen LogP contribution < -0.4 is 5.32 Å². The summed E-state index contributed by atoms with van der Waals surface area (Å²) < 4.78 is 2.33. The lowest BCUT2D eigenvalue weighted by Crippen LogP contribution is -2.20. The van der Waals surface area contributed by atoms with Gasteiger partial charge in [0.25, 0.3) is 0 Å². The van der Waals surface area contributed by atoms with Gasteiger partial charge >= 0.3 is 0 Å². The van der Waals surface area contributed by atoms with E-state index in [4.69, 9.17) is 0 Å². The van der Waals surface area contributed by atoms with E-state index in [1.807, 2.05) is 17.8 Å². The highest BCUT2D eigenvalue weighted by atomic mass is 79.9. The van der Waals surface area contributed by atoms with E-state index in [1.165, 1.54) is 4.70 Å². The first-order chi connectivity index (χ1) is 8.22. The molecule has 0 bridgehead atoms. The number of hydrogen-bond acceptors (Lipinski definition) is 4. The molecule has 17 heavy (non-hydrogen) atoms. The Morgan fingerprint density at radius 1 is 1.53 bits per heavy atom. The predicted octanol–water partition coefficient (Wildman–Crippen LogP) is 4.61. The molecule has 1 N–H and O–H groups in total. The molecule has 0 radical (unpaired) electrons. The van der Waals surface area contributed by atoms with Gasteiger partial charge in [0.2, 0.25) is 0 Å². The van der Waals surface area contributed by atoms with Crippen molar-refractivity contribution in [2.24, 2.45) is 0 Å². The Bertz CT molecular complexity index is 498. The number of thioether (sulfide) groups is 1. The Kier molecular flexibility index (Phi) is 4.70. The number of anilines is 1. The van der Waals surface area contributed by atoms with E-state index in [9.17, 15) is 0 Å². The average Bonchev–Trinajstić information content (AvgIpc) is 2.69. The van der Waals surface area contributed by atoms with E-state index >= 15 is 0 Å². The summed E-state index contributed by atoms with van der Waals surface area (Å²) in [4.78, 5) is 4.60. The Labute approximate surface area is 118 Å². The van der Waals surface area contributed by atoms with Crippen molar-refractivity contribution in [2.75, 3.05) is 17.3 Å². The summed E-state index contributed by atoms with van der Waals surface area (Å²) in [5.74, 6) is 1.12. The minimum Gasteiger partial charge on any atom is -0.358 e. The molecule has 1 unspecified atom stereocenters. The van der Waals surface area contributed by atoms with Crippen LogP contribution >= 0.6 is 39.0 Å². The van der Waals surface area contributed by atoms with Gasteiger partial charge in [-0.05, 0) is 30.9 Å². The second-order valence-corrected chi connectivity index (χ2v) is 6.69. The van der Waals surface area contributed by atoms with Crippen LogP contribution in [0.4, 0.5) is 5.13 Å². The monoisotopic (exact) mass is 330 g/mol. The molecule has 2 rings (SSSR count). The van der Waals surface area contributed by atoms with Crippen molar-refractivity contribution in [3.8, 4) is 0 Å². The standard InChI is InChI=1S/C12H15BrN2S2/c1-3-9(7-16-2)14-12-15-10-5-4-8(13)6-11(10)17-12/h4-6,9H,3,7H2,1-2H3,(H,14,15). The Morgan fingerprint density at radius 3 is 3.06 bits per heavy atom. The van der Waals surface area contributed by atoms with Crippen molar-refractivity contribution in [2.45, 2.75) is 19.4 Å². The predicted molar refractivity (Wildman–Crippen MR) is 83.4 cm³/mol. The summed E-state index contributed by atoms with van der Waals surface area (Å²) in [6.07, 6.45) is 3.26. The minimum absolute atomic E-state index is 0.508. The molecule has 0 amide bonds. The SMILES string of the molecule is CCC(CSC)Nc1nc2ccc(Br)cc2s1. The third-order valence-corrected chi connectivity index (χ3v) is 4.72. The van der Waals surface area contributed by atoms with Crippen LogP contribution in [0.3, 0.4) is 0 Å². The molecule has 0 saturated heterocycles. The van der Waals surface area contributed by atoms with Crippen LogP contribution in [-0.2, 0) is 0 Å². The maximum atomic E-state index is 4.60. The molecule has 1 heterocycles. The van der Waals surface area contributed by atoms with E-state index in [1.54, 1.807) is 11.3 Å². The van der Waals surface area contributed by atoms with Crippen LogP contribution in [0.1, 0.15) is 13.3 Å². The van der Waals surface area contributed by atoms with Gasteiger partial charge in [-0.25, -0.2) is 4.98 Å². The largest absolute Gasteiger partial charge is 0.358 e. The van der Waals surface area contributed by atoms with Gasteiger partial charge in [-0.3, -0.25) is 0 Å². The van der Waals surface area contributed by atoms with Gasteiger partial charge in [0.05, 0.1) is 10.2 Å². The van der Waals surface area contributed by atoms with Gasteiger partial charge in [-0.1, -0.05) is 34.2 Å². The summed E-state index contributed by atoms with van der Waals surface area (Å²) in [7, 11) is 0. The fourth-order valence-corrected chi connectivity index (χ4v) is 3.81. The van der Waals surface area contributed by atoms with E-state index < -0.39 is 0 Å². The first kappa shape index (κ1) is 13.2. The Morgan fingerprint density at radius 2 is 2.35 bits per heavy atom. The normalized spacial score (nSPS) is 12.9. The number of fused-ring (bicyclic) bond motifs is 1. The number of rotatable bonds is 5. The summed E-state index contributed by atoms with van der Waals surface area (Å²) in [6, 6.07) is 6.71. The number of thiazole rings is 1. The van der Waals surface area contributed by atoms with E-state index in [0.717, 1.165) is 27.3 Å². The highest BCUT2D eigenvalue weighted by Gasteiger charge is 2.09. The number of nitrogens with zero attached hydrogens (tertiary/aromatic N) is 1. The molecule has 5 heteroatoms. The second kappa shape index (κ2) is 6.07. The summed E-state index contributed by atoms with van der Waals surface area (Å²) >= 11 is 7.08. The minimum atomic E-state index is 0.508. The van der Waals surface area contributed by atoms with Gasteiger partial charge in [-0.2, -0.15) is 11.8 Å². The highest BCUT2D eigenvalue weighted by Crippen LogP contribution is 2.29. The molecule has 1 atom stereocenters. The molecule has 92 valence electrons. The lowest BCUT2D eigenvalue weighted by molar-refractivity contribution is 0.774. The zero-order valence-corrected chi connectivity index (χ0v) is 13.1. The van der Waals surface area contributed by atoms with Crippen molar-refractivity contribution < 1.29 is 0 Å². The number of benzene rings is 1. The Balaban J connectivity index is 2.18. The molecule has 1 aromatic carbocycles. The zero-order chi connectivity index (χ0) is 12.3.